The van der Waals surface area contributed by atoms with Crippen molar-refractivity contribution in [2.75, 3.05) is 14.1 Å². The van der Waals surface area contributed by atoms with Gasteiger partial charge in [-0.3, -0.25) is 4.98 Å². The molecule has 0 radical (unpaired) electrons. The summed E-state index contributed by atoms with van der Waals surface area (Å²) in [5, 5.41) is 0. The van der Waals surface area contributed by atoms with Crippen LogP contribution in [-0.2, 0) is 6.42 Å². The lowest BCUT2D eigenvalue weighted by molar-refractivity contribution is 0.0968. The maximum atomic E-state index is 6.62. The van der Waals surface area contributed by atoms with Gasteiger partial charge < -0.3 is 10.6 Å². The van der Waals surface area contributed by atoms with Crippen LogP contribution in [0.15, 0.2) is 24.5 Å². The first kappa shape index (κ1) is 14.5. The second kappa shape index (κ2) is 6.49. The first-order valence-corrected chi connectivity index (χ1v) is 7.47. The Balaban J connectivity index is 2.13. The molecule has 0 aromatic carbocycles. The molecular formula is C16H27N3. The van der Waals surface area contributed by atoms with E-state index in [9.17, 15) is 0 Å². The number of nitrogens with two attached hydrogens (primary N) is 1. The molecule has 2 N–H and O–H groups in total. The van der Waals surface area contributed by atoms with E-state index in [2.05, 4.69) is 36.1 Å². The van der Waals surface area contributed by atoms with Crippen molar-refractivity contribution in [1.29, 1.82) is 0 Å². The molecule has 0 spiro atoms. The second-order valence-electron chi connectivity index (χ2n) is 6.08. The number of hydrogen-bond donors (Lipinski definition) is 1. The molecule has 1 aromatic rings. The Bertz CT molecular complexity index is 367. The van der Waals surface area contributed by atoms with Crippen LogP contribution in [-0.4, -0.2) is 35.6 Å². The van der Waals surface area contributed by atoms with E-state index in [1.54, 1.807) is 0 Å². The van der Waals surface area contributed by atoms with Crippen molar-refractivity contribution in [2.45, 2.75) is 56.5 Å². The van der Waals surface area contributed by atoms with Gasteiger partial charge in [0.2, 0.25) is 0 Å². The Labute approximate surface area is 117 Å². The summed E-state index contributed by atoms with van der Waals surface area (Å²) in [5.41, 5.74) is 8.09. The van der Waals surface area contributed by atoms with Gasteiger partial charge in [-0.2, -0.15) is 0 Å². The van der Waals surface area contributed by atoms with Crippen molar-refractivity contribution in [3.8, 4) is 0 Å². The Morgan fingerprint density at radius 2 is 1.74 bits per heavy atom. The lowest BCUT2D eigenvalue weighted by Crippen LogP contribution is -2.58. The third kappa shape index (κ3) is 3.34. The molecule has 1 atom stereocenters. The first-order chi connectivity index (χ1) is 9.15. The Morgan fingerprint density at radius 3 is 2.26 bits per heavy atom. The maximum Gasteiger partial charge on any atom is 0.0357 e. The van der Waals surface area contributed by atoms with E-state index in [0.717, 1.165) is 6.42 Å². The second-order valence-corrected chi connectivity index (χ2v) is 6.08. The summed E-state index contributed by atoms with van der Waals surface area (Å²) in [6.07, 6.45) is 12.5. The Morgan fingerprint density at radius 1 is 1.16 bits per heavy atom. The minimum absolute atomic E-state index is 0.166. The minimum Gasteiger partial charge on any atom is -0.326 e. The minimum atomic E-state index is 0.166. The molecule has 19 heavy (non-hydrogen) atoms. The summed E-state index contributed by atoms with van der Waals surface area (Å²) in [7, 11) is 4.38. The van der Waals surface area contributed by atoms with E-state index in [1.807, 2.05) is 12.4 Å². The van der Waals surface area contributed by atoms with Crippen molar-refractivity contribution in [3.05, 3.63) is 30.1 Å². The molecular weight excluding hydrogens is 234 g/mol. The molecule has 0 aliphatic heterocycles. The van der Waals surface area contributed by atoms with E-state index in [4.69, 9.17) is 5.73 Å². The highest BCUT2D eigenvalue weighted by molar-refractivity contribution is 5.14. The number of likely N-dealkylation sites (N-methyl/N-ethyl adjacent to an activating group) is 1. The van der Waals surface area contributed by atoms with E-state index in [0.29, 0.717) is 0 Å². The fourth-order valence-corrected chi connectivity index (χ4v) is 3.45. The van der Waals surface area contributed by atoms with Crippen molar-refractivity contribution in [1.82, 2.24) is 9.88 Å². The van der Waals surface area contributed by atoms with Gasteiger partial charge in [0.15, 0.2) is 0 Å². The van der Waals surface area contributed by atoms with Crippen molar-refractivity contribution in [2.24, 2.45) is 5.73 Å². The molecule has 1 unspecified atom stereocenters. The highest BCUT2D eigenvalue weighted by Crippen LogP contribution is 2.34. The largest absolute Gasteiger partial charge is 0.326 e. The predicted octanol–water partition coefficient (Wildman–Crippen LogP) is 2.61. The normalized spacial score (nSPS) is 21.1. The van der Waals surface area contributed by atoms with Crippen molar-refractivity contribution >= 4 is 0 Å². The molecule has 1 saturated carbocycles. The van der Waals surface area contributed by atoms with Gasteiger partial charge in [0.05, 0.1) is 0 Å². The van der Waals surface area contributed by atoms with Crippen molar-refractivity contribution < 1.29 is 0 Å². The maximum absolute atomic E-state index is 6.62. The molecule has 1 aliphatic rings. The fourth-order valence-electron chi connectivity index (χ4n) is 3.45. The molecule has 0 bridgehead atoms. The van der Waals surface area contributed by atoms with Crippen LogP contribution in [0.2, 0.25) is 0 Å². The zero-order chi connectivity index (χ0) is 13.7. The molecule has 1 aliphatic carbocycles. The molecule has 0 saturated heterocycles. The van der Waals surface area contributed by atoms with E-state index in [1.165, 1.54) is 44.1 Å². The zero-order valence-corrected chi connectivity index (χ0v) is 12.3. The molecule has 1 fully saturated rings. The number of pyridine rings is 1. The van der Waals surface area contributed by atoms with Gasteiger partial charge in [0, 0.05) is 24.0 Å². The van der Waals surface area contributed by atoms with Gasteiger partial charge in [-0.1, -0.05) is 25.7 Å². The highest BCUT2D eigenvalue weighted by atomic mass is 15.2. The van der Waals surface area contributed by atoms with Crippen LogP contribution in [0.5, 0.6) is 0 Å². The van der Waals surface area contributed by atoms with Gasteiger partial charge >= 0.3 is 0 Å². The summed E-state index contributed by atoms with van der Waals surface area (Å²) in [5.74, 6) is 0. The molecule has 3 heteroatoms. The summed E-state index contributed by atoms with van der Waals surface area (Å²) >= 11 is 0. The summed E-state index contributed by atoms with van der Waals surface area (Å²) in [6.45, 7) is 0. The highest BCUT2D eigenvalue weighted by Gasteiger charge is 2.38. The molecule has 2 rings (SSSR count). The van der Waals surface area contributed by atoms with Crippen LogP contribution in [0.25, 0.3) is 0 Å². The number of nitrogens with zero attached hydrogens (tertiary/aromatic N) is 2. The van der Waals surface area contributed by atoms with Crippen LogP contribution in [0, 0.1) is 0 Å². The van der Waals surface area contributed by atoms with E-state index >= 15 is 0 Å². The fraction of sp³-hybridized carbons (Fsp3) is 0.688. The van der Waals surface area contributed by atoms with Crippen LogP contribution in [0.4, 0.5) is 0 Å². The third-order valence-corrected chi connectivity index (χ3v) is 4.76. The topological polar surface area (TPSA) is 42.1 Å². The summed E-state index contributed by atoms with van der Waals surface area (Å²) in [4.78, 5) is 6.46. The monoisotopic (exact) mass is 261 g/mol. The SMILES string of the molecule is CN(C)C1(C(N)Cc2ccncc2)CCCCCC1. The average Bonchev–Trinajstić information content (AvgIpc) is 2.66. The van der Waals surface area contributed by atoms with Crippen LogP contribution in [0.1, 0.15) is 44.1 Å². The molecule has 1 heterocycles. The molecule has 0 amide bonds. The lowest BCUT2D eigenvalue weighted by atomic mass is 9.79. The first-order valence-electron chi connectivity index (χ1n) is 7.47. The standard InChI is InChI=1S/C16H27N3/c1-19(2)16(9-5-3-4-6-10-16)15(17)13-14-7-11-18-12-8-14/h7-8,11-12,15H,3-6,9-10,13,17H2,1-2H3. The quantitative estimate of drug-likeness (QED) is 0.847. The van der Waals surface area contributed by atoms with Crippen LogP contribution >= 0.6 is 0 Å². The van der Waals surface area contributed by atoms with Crippen molar-refractivity contribution in [3.63, 3.8) is 0 Å². The average molecular weight is 261 g/mol. The van der Waals surface area contributed by atoms with Gasteiger partial charge in [-0.05, 0) is 51.1 Å². The van der Waals surface area contributed by atoms with Crippen LogP contribution < -0.4 is 5.73 Å². The summed E-state index contributed by atoms with van der Waals surface area (Å²) in [6, 6.07) is 4.36. The van der Waals surface area contributed by atoms with Gasteiger partial charge in [0.1, 0.15) is 0 Å². The van der Waals surface area contributed by atoms with E-state index in [-0.39, 0.29) is 11.6 Å². The number of aromatic nitrogens is 1. The van der Waals surface area contributed by atoms with E-state index < -0.39 is 0 Å². The third-order valence-electron chi connectivity index (χ3n) is 4.76. The zero-order valence-electron chi connectivity index (χ0n) is 12.3. The van der Waals surface area contributed by atoms with Crippen LogP contribution in [0.3, 0.4) is 0 Å². The smallest absolute Gasteiger partial charge is 0.0357 e. The predicted molar refractivity (Wildman–Crippen MR) is 80.0 cm³/mol. The molecule has 3 nitrogen and oxygen atoms in total. The molecule has 1 aromatic heterocycles. The van der Waals surface area contributed by atoms with Gasteiger partial charge in [-0.15, -0.1) is 0 Å². The summed E-state index contributed by atoms with van der Waals surface area (Å²) < 4.78 is 0. The number of hydrogen-bond acceptors (Lipinski definition) is 3. The Kier molecular flexibility index (Phi) is 4.94. The van der Waals surface area contributed by atoms with Gasteiger partial charge in [-0.25, -0.2) is 0 Å². The number of rotatable bonds is 4. The Hall–Kier alpha value is -0.930. The lowest BCUT2D eigenvalue weighted by Gasteiger charge is -2.44. The van der Waals surface area contributed by atoms with Gasteiger partial charge in [0.25, 0.3) is 0 Å². The molecule has 106 valence electrons.